The second kappa shape index (κ2) is 24.5. The summed E-state index contributed by atoms with van der Waals surface area (Å²) in [5.74, 6) is -3.51. The van der Waals surface area contributed by atoms with Crippen molar-refractivity contribution in [3.8, 4) is 0 Å². The van der Waals surface area contributed by atoms with E-state index in [0.29, 0.717) is 19.4 Å². The van der Waals surface area contributed by atoms with Gasteiger partial charge in [0.15, 0.2) is 6.29 Å². The topological polar surface area (TPSA) is 234 Å². The van der Waals surface area contributed by atoms with Gasteiger partial charge in [-0.3, -0.25) is 19.2 Å². The van der Waals surface area contributed by atoms with Crippen molar-refractivity contribution in [2.45, 2.75) is 135 Å². The molecule has 0 bridgehead atoms. The van der Waals surface area contributed by atoms with Gasteiger partial charge in [-0.1, -0.05) is 60.7 Å². The van der Waals surface area contributed by atoms with Crippen LogP contribution in [0.5, 0.6) is 0 Å². The van der Waals surface area contributed by atoms with Gasteiger partial charge in [0.2, 0.25) is 17.7 Å². The quantitative estimate of drug-likeness (QED) is 0.0412. The summed E-state index contributed by atoms with van der Waals surface area (Å²) in [6, 6.07) is 14.7. The zero-order valence-corrected chi connectivity index (χ0v) is 34.0. The zero-order valence-electron chi connectivity index (χ0n) is 34.0. The van der Waals surface area contributed by atoms with E-state index in [9.17, 15) is 33.9 Å². The lowest BCUT2D eigenvalue weighted by molar-refractivity contribution is -0.154. The van der Waals surface area contributed by atoms with E-state index in [0.717, 1.165) is 11.1 Å². The summed E-state index contributed by atoms with van der Waals surface area (Å²) in [4.78, 5) is 77.0. The fourth-order valence-electron chi connectivity index (χ4n) is 5.11. The number of nitrogens with one attached hydrogen (secondary N) is 4. The van der Waals surface area contributed by atoms with Crippen LogP contribution in [0.4, 0.5) is 4.79 Å². The summed E-state index contributed by atoms with van der Waals surface area (Å²) >= 11 is 0. The van der Waals surface area contributed by atoms with E-state index >= 15 is 0 Å². The Kier molecular flexibility index (Phi) is 20.7. The minimum atomic E-state index is -1.29. The molecule has 0 aromatic heterocycles. The molecule has 0 saturated heterocycles. The van der Waals surface area contributed by atoms with Gasteiger partial charge in [0, 0.05) is 19.4 Å². The number of aliphatic hydroxyl groups excluding tert-OH is 1. The van der Waals surface area contributed by atoms with Gasteiger partial charge in [0.25, 0.3) is 0 Å². The zero-order chi connectivity index (χ0) is 42.4. The smallest absolute Gasteiger partial charge is 0.407 e. The molecule has 4 amide bonds. The molecule has 0 radical (unpaired) electrons. The van der Waals surface area contributed by atoms with Gasteiger partial charge >= 0.3 is 18.0 Å². The minimum Gasteiger partial charge on any atom is -0.459 e. The Bertz CT molecular complexity index is 1560. The lowest BCUT2D eigenvalue weighted by Crippen LogP contribution is -2.53. The van der Waals surface area contributed by atoms with E-state index in [2.05, 4.69) is 21.3 Å². The van der Waals surface area contributed by atoms with Crippen molar-refractivity contribution in [2.24, 2.45) is 5.73 Å². The van der Waals surface area contributed by atoms with Gasteiger partial charge in [0.05, 0.1) is 12.6 Å². The van der Waals surface area contributed by atoms with Crippen molar-refractivity contribution >= 4 is 35.8 Å². The first kappa shape index (κ1) is 48.1. The largest absolute Gasteiger partial charge is 0.459 e. The van der Waals surface area contributed by atoms with Crippen LogP contribution in [-0.4, -0.2) is 89.6 Å². The van der Waals surface area contributed by atoms with Crippen molar-refractivity contribution in [2.75, 3.05) is 13.1 Å². The monoisotopic (exact) mass is 799 g/mol. The fourth-order valence-corrected chi connectivity index (χ4v) is 5.11. The molecular weight excluding hydrogens is 738 g/mol. The summed E-state index contributed by atoms with van der Waals surface area (Å²) in [6.45, 7) is 10.2. The Morgan fingerprint density at radius 2 is 1.28 bits per heavy atom. The number of nitrogens with two attached hydrogens (primary N) is 1. The first-order valence-electron chi connectivity index (χ1n) is 19.2. The fraction of sp³-hybridized carbons (Fsp3) is 0.561. The molecule has 0 saturated carbocycles. The highest BCUT2D eigenvalue weighted by atomic mass is 16.6. The van der Waals surface area contributed by atoms with Crippen molar-refractivity contribution in [3.63, 3.8) is 0 Å². The first-order valence-corrected chi connectivity index (χ1v) is 19.2. The van der Waals surface area contributed by atoms with Gasteiger partial charge < -0.3 is 51.1 Å². The number of rotatable bonds is 23. The van der Waals surface area contributed by atoms with Crippen LogP contribution in [0.1, 0.15) is 97.6 Å². The SMILES string of the molecule is CC(C)(C)OC(=O)CNC(=O)C(CCC(=O)NC(CCC(O)OCc1ccccc1)C(=O)OCc1ccccc1)NC(=O)C(N)CCCCNC(=O)OC(C)(C)C. The second-order valence-corrected chi connectivity index (χ2v) is 15.5. The molecule has 0 fully saturated rings. The van der Waals surface area contributed by atoms with E-state index in [4.69, 9.17) is 24.7 Å². The molecule has 316 valence electrons. The maximum Gasteiger partial charge on any atom is 0.407 e. The van der Waals surface area contributed by atoms with Crippen molar-refractivity contribution < 1.29 is 52.8 Å². The van der Waals surface area contributed by atoms with E-state index in [1.165, 1.54) is 0 Å². The van der Waals surface area contributed by atoms with E-state index in [1.807, 2.05) is 36.4 Å². The predicted molar refractivity (Wildman–Crippen MR) is 211 cm³/mol. The average Bonchev–Trinajstić information content (AvgIpc) is 3.14. The lowest BCUT2D eigenvalue weighted by atomic mass is 10.1. The number of ether oxygens (including phenoxy) is 4. The van der Waals surface area contributed by atoms with Gasteiger partial charge in [-0.15, -0.1) is 0 Å². The Balaban J connectivity index is 2.05. The van der Waals surface area contributed by atoms with Crippen LogP contribution >= 0.6 is 0 Å². The highest BCUT2D eigenvalue weighted by molar-refractivity contribution is 5.92. The molecule has 16 nitrogen and oxygen atoms in total. The third-order valence-corrected chi connectivity index (χ3v) is 7.90. The van der Waals surface area contributed by atoms with Crippen molar-refractivity contribution in [3.05, 3.63) is 71.8 Å². The second-order valence-electron chi connectivity index (χ2n) is 15.5. The normalized spacial score (nSPS) is 13.5. The van der Waals surface area contributed by atoms with Crippen LogP contribution in [0.3, 0.4) is 0 Å². The maximum atomic E-state index is 13.3. The Labute approximate surface area is 335 Å². The number of esters is 2. The Hall–Kier alpha value is -5.06. The number of carbonyl (C=O) groups is 6. The standard InChI is InChI=1S/C41H61N5O11/c1-40(2,3)56-35(49)25-44-37(51)31(46-36(50)30(42)19-13-14-24-43-39(53)57-41(4,5)6)20-22-33(47)45-32(38(52)55-27-29-17-11-8-12-18-29)21-23-34(48)54-26-28-15-9-7-10-16-28/h7-12,15-18,30-32,34,48H,13-14,19-27,42H2,1-6H3,(H,43,53)(H,44,51)(H,45,47)(H,46,50). The number of hydrogen-bond acceptors (Lipinski definition) is 12. The lowest BCUT2D eigenvalue weighted by Gasteiger charge is -2.23. The van der Waals surface area contributed by atoms with Gasteiger partial charge in [-0.25, -0.2) is 9.59 Å². The number of aliphatic hydroxyl groups is 1. The molecule has 4 atom stereocenters. The summed E-state index contributed by atoms with van der Waals surface area (Å²) in [6.07, 6.45) is -1.21. The number of carbonyl (C=O) groups excluding carboxylic acids is 6. The molecule has 0 aliphatic carbocycles. The number of alkyl carbamates (subject to hydrolysis) is 1. The minimum absolute atomic E-state index is 0.0150. The molecule has 2 aromatic rings. The van der Waals surface area contributed by atoms with Gasteiger partial charge in [-0.05, 0) is 84.8 Å². The van der Waals surface area contributed by atoms with Crippen LogP contribution in [0.25, 0.3) is 0 Å². The molecule has 7 N–H and O–H groups in total. The Morgan fingerprint density at radius 3 is 1.88 bits per heavy atom. The summed E-state index contributed by atoms with van der Waals surface area (Å²) < 4.78 is 21.5. The average molecular weight is 800 g/mol. The highest BCUT2D eigenvalue weighted by Crippen LogP contribution is 2.12. The van der Waals surface area contributed by atoms with E-state index in [-0.39, 0.29) is 45.3 Å². The third-order valence-electron chi connectivity index (χ3n) is 7.90. The maximum absolute atomic E-state index is 13.3. The number of unbranched alkanes of at least 4 members (excludes halogenated alkanes) is 1. The Morgan fingerprint density at radius 1 is 0.684 bits per heavy atom. The molecule has 0 heterocycles. The third kappa shape index (κ3) is 22.3. The number of hydrogen-bond donors (Lipinski definition) is 6. The molecule has 0 aliphatic heterocycles. The molecule has 0 aliphatic rings. The number of amides is 4. The summed E-state index contributed by atoms with van der Waals surface area (Å²) in [5.41, 5.74) is 6.26. The van der Waals surface area contributed by atoms with E-state index < -0.39 is 77.9 Å². The summed E-state index contributed by atoms with van der Waals surface area (Å²) in [5, 5.41) is 20.8. The van der Waals surface area contributed by atoms with Crippen LogP contribution in [0.2, 0.25) is 0 Å². The van der Waals surface area contributed by atoms with Crippen LogP contribution < -0.4 is 27.0 Å². The molecule has 57 heavy (non-hydrogen) atoms. The molecule has 16 heteroatoms. The molecular formula is C41H61N5O11. The van der Waals surface area contributed by atoms with E-state index in [1.54, 1.807) is 65.8 Å². The van der Waals surface area contributed by atoms with Gasteiger partial charge in [0.1, 0.15) is 36.4 Å². The first-order chi connectivity index (χ1) is 26.8. The predicted octanol–water partition coefficient (Wildman–Crippen LogP) is 3.28. The van der Waals surface area contributed by atoms with Crippen LogP contribution in [0, 0.1) is 0 Å². The molecule has 4 unspecified atom stereocenters. The molecule has 0 spiro atoms. The van der Waals surface area contributed by atoms with Crippen LogP contribution in [-0.2, 0) is 56.1 Å². The molecule has 2 rings (SSSR count). The van der Waals surface area contributed by atoms with Crippen molar-refractivity contribution in [1.29, 1.82) is 0 Å². The summed E-state index contributed by atoms with van der Waals surface area (Å²) in [7, 11) is 0. The number of benzene rings is 2. The van der Waals surface area contributed by atoms with Crippen LogP contribution in [0.15, 0.2) is 60.7 Å². The molecule has 2 aromatic carbocycles. The van der Waals surface area contributed by atoms with Gasteiger partial charge in [-0.2, -0.15) is 0 Å². The highest BCUT2D eigenvalue weighted by Gasteiger charge is 2.28. The van der Waals surface area contributed by atoms with Crippen molar-refractivity contribution in [1.82, 2.24) is 21.3 Å².